The quantitative estimate of drug-likeness (QED) is 0.776. The van der Waals surface area contributed by atoms with Crippen LogP contribution in [0.5, 0.6) is 0 Å². The van der Waals surface area contributed by atoms with Crippen molar-refractivity contribution >= 4 is 34.6 Å². The number of rotatable bonds is 3. The molecule has 0 saturated carbocycles. The third-order valence-electron chi connectivity index (χ3n) is 4.58. The highest BCUT2D eigenvalue weighted by Crippen LogP contribution is 2.33. The maximum atomic E-state index is 12.4. The van der Waals surface area contributed by atoms with Crippen LogP contribution in [0.3, 0.4) is 0 Å². The molecular weight excluding hydrogens is 344 g/mol. The van der Waals surface area contributed by atoms with Crippen LogP contribution in [0.1, 0.15) is 17.0 Å². The van der Waals surface area contributed by atoms with Gasteiger partial charge in [-0.05, 0) is 67.6 Å². The molecule has 136 valence electrons. The van der Waals surface area contributed by atoms with E-state index in [1.807, 2.05) is 20.2 Å². The summed E-state index contributed by atoms with van der Waals surface area (Å²) in [6.45, 7) is 4.17. The summed E-state index contributed by atoms with van der Waals surface area (Å²) in [6.07, 6.45) is 1.97. The predicted molar refractivity (Wildman–Crippen MR) is 111 cm³/mol. The van der Waals surface area contributed by atoms with Crippen molar-refractivity contribution in [3.63, 3.8) is 0 Å². The molecule has 0 radical (unpaired) electrons. The molecule has 3 rings (SSSR count). The normalized spacial score (nSPS) is 17.6. The van der Waals surface area contributed by atoms with Crippen LogP contribution < -0.4 is 4.90 Å². The zero-order valence-corrected chi connectivity index (χ0v) is 16.9. The Balaban J connectivity index is 1.99. The molecule has 2 aromatic rings. The lowest BCUT2D eigenvalue weighted by Gasteiger charge is -2.14. The van der Waals surface area contributed by atoms with Gasteiger partial charge in [-0.2, -0.15) is 0 Å². The number of carbonyl (C=O) groups excluding carboxylic acids is 1. The molecule has 1 amide bonds. The molecule has 1 aromatic carbocycles. The summed E-state index contributed by atoms with van der Waals surface area (Å²) in [6, 6.07) is 10.6. The fraction of sp³-hybridized carbons (Fsp3) is 0.300. The van der Waals surface area contributed by atoms with Crippen LogP contribution in [-0.2, 0) is 4.79 Å². The molecule has 1 saturated heterocycles. The molecule has 1 aliphatic heterocycles. The van der Waals surface area contributed by atoms with Crippen LogP contribution >= 0.6 is 11.8 Å². The first-order valence-electron chi connectivity index (χ1n) is 8.44. The van der Waals surface area contributed by atoms with Gasteiger partial charge in [0.15, 0.2) is 5.17 Å². The maximum absolute atomic E-state index is 12.4. The number of carbonyl (C=O) groups is 1. The number of likely N-dealkylation sites (N-methyl/N-ethyl adjacent to an activating group) is 1. The molecule has 1 aliphatic rings. The fourth-order valence-electron chi connectivity index (χ4n) is 3.12. The highest BCUT2D eigenvalue weighted by Gasteiger charge is 2.30. The van der Waals surface area contributed by atoms with Crippen LogP contribution in [0.15, 0.2) is 40.2 Å². The van der Waals surface area contributed by atoms with Gasteiger partial charge in [0.05, 0.1) is 4.91 Å². The van der Waals surface area contributed by atoms with Gasteiger partial charge in [-0.3, -0.25) is 14.7 Å². The number of aryl methyl sites for hydroxylation is 1. The van der Waals surface area contributed by atoms with Crippen molar-refractivity contribution in [2.45, 2.75) is 13.8 Å². The van der Waals surface area contributed by atoms with Gasteiger partial charge in [0.25, 0.3) is 5.91 Å². The summed E-state index contributed by atoms with van der Waals surface area (Å²) in [5, 5.41) is 0.731. The van der Waals surface area contributed by atoms with Crippen molar-refractivity contribution in [1.29, 1.82) is 0 Å². The number of nitrogens with zero attached hydrogens (tertiary/aromatic N) is 4. The minimum Gasteiger partial charge on any atom is -0.378 e. The van der Waals surface area contributed by atoms with E-state index in [4.69, 9.17) is 0 Å². The molecule has 26 heavy (non-hydrogen) atoms. The summed E-state index contributed by atoms with van der Waals surface area (Å²) in [4.78, 5) is 20.9. The Kier molecular flexibility index (Phi) is 4.96. The summed E-state index contributed by atoms with van der Waals surface area (Å²) in [5.74, 6) is -0.00395. The van der Waals surface area contributed by atoms with E-state index in [2.05, 4.69) is 58.6 Å². The highest BCUT2D eigenvalue weighted by atomic mass is 32.2. The van der Waals surface area contributed by atoms with E-state index < -0.39 is 0 Å². The molecule has 0 N–H and O–H groups in total. The van der Waals surface area contributed by atoms with Gasteiger partial charge >= 0.3 is 0 Å². The van der Waals surface area contributed by atoms with Gasteiger partial charge in [-0.15, -0.1) is 0 Å². The van der Waals surface area contributed by atoms with E-state index in [0.717, 1.165) is 27.8 Å². The summed E-state index contributed by atoms with van der Waals surface area (Å²) in [5.41, 5.74) is 5.60. The third-order valence-corrected chi connectivity index (χ3v) is 5.73. The Morgan fingerprint density at radius 3 is 2.35 bits per heavy atom. The van der Waals surface area contributed by atoms with Gasteiger partial charge in [-0.1, -0.05) is 0 Å². The van der Waals surface area contributed by atoms with Crippen molar-refractivity contribution in [2.75, 3.05) is 33.1 Å². The van der Waals surface area contributed by atoms with E-state index in [-0.39, 0.29) is 5.91 Å². The Bertz CT molecular complexity index is 907. The first-order chi connectivity index (χ1) is 12.3. The van der Waals surface area contributed by atoms with E-state index in [1.165, 1.54) is 17.4 Å². The van der Waals surface area contributed by atoms with Crippen LogP contribution in [0.2, 0.25) is 0 Å². The highest BCUT2D eigenvalue weighted by molar-refractivity contribution is 8.18. The second-order valence-electron chi connectivity index (χ2n) is 6.55. The molecule has 2 heterocycles. The van der Waals surface area contributed by atoms with Gasteiger partial charge in [0.1, 0.15) is 0 Å². The Morgan fingerprint density at radius 1 is 1.15 bits per heavy atom. The number of thioether (sulfide) groups is 1. The SMILES string of the molecule is CN=C1S/C(=C/c2cc(C)n(-c3ccc(N(C)C)cc3)c2C)C(=O)N1C. The Labute approximate surface area is 159 Å². The monoisotopic (exact) mass is 368 g/mol. The molecule has 0 aliphatic carbocycles. The standard InChI is InChI=1S/C20H24N4OS/c1-13-11-15(12-18-19(25)23(6)20(21-3)26-18)14(2)24(13)17-9-7-16(8-10-17)22(4)5/h7-12H,1-6H3/b18-12+,21-20?. The number of amidine groups is 1. The lowest BCUT2D eigenvalue weighted by atomic mass is 10.2. The van der Waals surface area contributed by atoms with E-state index in [1.54, 1.807) is 19.0 Å². The molecule has 0 bridgehead atoms. The van der Waals surface area contributed by atoms with E-state index >= 15 is 0 Å². The fourth-order valence-corrected chi connectivity index (χ4v) is 4.04. The largest absolute Gasteiger partial charge is 0.378 e. The lowest BCUT2D eigenvalue weighted by molar-refractivity contribution is -0.121. The summed E-state index contributed by atoms with van der Waals surface area (Å²) < 4.78 is 2.22. The first-order valence-corrected chi connectivity index (χ1v) is 9.26. The number of hydrogen-bond acceptors (Lipinski definition) is 4. The Morgan fingerprint density at radius 2 is 1.81 bits per heavy atom. The molecule has 1 aromatic heterocycles. The smallest absolute Gasteiger partial charge is 0.266 e. The maximum Gasteiger partial charge on any atom is 0.266 e. The molecular formula is C20H24N4OS. The number of benzene rings is 1. The number of aliphatic imine (C=N–C) groups is 1. The Hall–Kier alpha value is -2.47. The van der Waals surface area contributed by atoms with Crippen LogP contribution in [0, 0.1) is 13.8 Å². The number of hydrogen-bond donors (Lipinski definition) is 0. The zero-order valence-electron chi connectivity index (χ0n) is 16.1. The minimum absolute atomic E-state index is 0.00395. The topological polar surface area (TPSA) is 40.8 Å². The molecule has 5 nitrogen and oxygen atoms in total. The van der Waals surface area contributed by atoms with Gasteiger partial charge < -0.3 is 9.47 Å². The third kappa shape index (κ3) is 3.17. The van der Waals surface area contributed by atoms with Crippen molar-refractivity contribution in [2.24, 2.45) is 4.99 Å². The average molecular weight is 369 g/mol. The minimum atomic E-state index is -0.00395. The van der Waals surface area contributed by atoms with Crippen LogP contribution in [0.25, 0.3) is 11.8 Å². The van der Waals surface area contributed by atoms with Crippen LogP contribution in [0.4, 0.5) is 5.69 Å². The van der Waals surface area contributed by atoms with Crippen molar-refractivity contribution in [3.8, 4) is 5.69 Å². The number of anilines is 1. The summed E-state index contributed by atoms with van der Waals surface area (Å²) in [7, 11) is 7.53. The molecule has 1 fully saturated rings. The molecule has 6 heteroatoms. The summed E-state index contributed by atoms with van der Waals surface area (Å²) >= 11 is 1.42. The van der Waals surface area contributed by atoms with Gasteiger partial charge in [0, 0.05) is 51.0 Å². The second kappa shape index (κ2) is 7.03. The number of amides is 1. The van der Waals surface area contributed by atoms with Crippen molar-refractivity contribution < 1.29 is 4.79 Å². The zero-order chi connectivity index (χ0) is 19.0. The van der Waals surface area contributed by atoms with E-state index in [0.29, 0.717) is 4.91 Å². The second-order valence-corrected chi connectivity index (χ2v) is 7.56. The van der Waals surface area contributed by atoms with Crippen molar-refractivity contribution in [3.05, 3.63) is 52.2 Å². The van der Waals surface area contributed by atoms with E-state index in [9.17, 15) is 4.79 Å². The molecule has 0 unspecified atom stereocenters. The molecule has 0 atom stereocenters. The van der Waals surface area contributed by atoms with Crippen molar-refractivity contribution in [1.82, 2.24) is 9.47 Å². The first kappa shape index (κ1) is 18.3. The molecule has 0 spiro atoms. The predicted octanol–water partition coefficient (Wildman–Crippen LogP) is 3.69. The van der Waals surface area contributed by atoms with Gasteiger partial charge in [-0.25, -0.2) is 0 Å². The lowest BCUT2D eigenvalue weighted by Crippen LogP contribution is -2.23. The van der Waals surface area contributed by atoms with Crippen LogP contribution in [-0.4, -0.2) is 48.7 Å². The van der Waals surface area contributed by atoms with Gasteiger partial charge in [0.2, 0.25) is 0 Å². The average Bonchev–Trinajstić information content (AvgIpc) is 3.05. The number of aromatic nitrogens is 1.